The van der Waals surface area contributed by atoms with Gasteiger partial charge in [0.1, 0.15) is 0 Å². The molecular formula is C17H20N4O2. The quantitative estimate of drug-likeness (QED) is 0.240. The fourth-order valence-electron chi connectivity index (χ4n) is 2.60. The van der Waals surface area contributed by atoms with Crippen LogP contribution in [0, 0.1) is 0 Å². The van der Waals surface area contributed by atoms with Crippen LogP contribution in [0.1, 0.15) is 31.2 Å². The summed E-state index contributed by atoms with van der Waals surface area (Å²) in [5.41, 5.74) is 8.41. The largest absolute Gasteiger partial charge is 0.464 e. The van der Waals surface area contributed by atoms with Crippen LogP contribution in [0.2, 0.25) is 0 Å². The number of unbranched alkanes of at least 4 members (excludes halogenated alkanes) is 1. The minimum absolute atomic E-state index is 0.130. The van der Waals surface area contributed by atoms with Crippen molar-refractivity contribution in [1.29, 1.82) is 0 Å². The zero-order valence-corrected chi connectivity index (χ0v) is 13.1. The van der Waals surface area contributed by atoms with Gasteiger partial charge in [0, 0.05) is 23.6 Å². The summed E-state index contributed by atoms with van der Waals surface area (Å²) in [7, 11) is 0. The summed E-state index contributed by atoms with van der Waals surface area (Å²) >= 11 is 0. The SMILES string of the molecule is CCCCOC(=O)C1(C(CN=[N+]=[N-])c2ccccc2)C=CC=N1. The van der Waals surface area contributed by atoms with Crippen LogP contribution < -0.4 is 0 Å². The molecule has 0 saturated carbocycles. The summed E-state index contributed by atoms with van der Waals surface area (Å²) in [6, 6.07) is 9.47. The van der Waals surface area contributed by atoms with Crippen LogP contribution in [0.4, 0.5) is 0 Å². The Morgan fingerprint density at radius 1 is 1.43 bits per heavy atom. The number of hydrogen-bond acceptors (Lipinski definition) is 4. The van der Waals surface area contributed by atoms with Crippen LogP contribution in [-0.4, -0.2) is 30.9 Å². The van der Waals surface area contributed by atoms with Gasteiger partial charge in [-0.15, -0.1) is 0 Å². The van der Waals surface area contributed by atoms with E-state index >= 15 is 0 Å². The maximum absolute atomic E-state index is 12.7. The Kier molecular flexibility index (Phi) is 5.94. The molecule has 2 atom stereocenters. The second kappa shape index (κ2) is 8.15. The van der Waals surface area contributed by atoms with E-state index in [9.17, 15) is 4.79 Å². The number of aliphatic imine (C=N–C) groups is 1. The minimum Gasteiger partial charge on any atom is -0.464 e. The van der Waals surface area contributed by atoms with Gasteiger partial charge in [0.05, 0.1) is 6.61 Å². The molecular weight excluding hydrogens is 292 g/mol. The molecule has 1 aliphatic rings. The van der Waals surface area contributed by atoms with Crippen LogP contribution in [-0.2, 0) is 9.53 Å². The molecule has 0 bridgehead atoms. The summed E-state index contributed by atoms with van der Waals surface area (Å²) in [5.74, 6) is -0.804. The Morgan fingerprint density at radius 3 is 2.83 bits per heavy atom. The fraction of sp³-hybridized carbons (Fsp3) is 0.412. The third kappa shape index (κ3) is 3.79. The summed E-state index contributed by atoms with van der Waals surface area (Å²) in [5, 5.41) is 3.68. The van der Waals surface area contributed by atoms with Gasteiger partial charge in [-0.05, 0) is 29.7 Å². The average Bonchev–Trinajstić information content (AvgIpc) is 3.07. The lowest BCUT2D eigenvalue weighted by molar-refractivity contribution is -0.148. The molecule has 0 aromatic heterocycles. The van der Waals surface area contributed by atoms with Crippen LogP contribution in [0.3, 0.4) is 0 Å². The Labute approximate surface area is 135 Å². The van der Waals surface area contributed by atoms with Gasteiger partial charge in [-0.3, -0.25) is 4.99 Å². The van der Waals surface area contributed by atoms with E-state index in [0.717, 1.165) is 18.4 Å². The molecule has 0 spiro atoms. The summed E-state index contributed by atoms with van der Waals surface area (Å²) in [6.07, 6.45) is 6.80. The van der Waals surface area contributed by atoms with Crippen molar-refractivity contribution in [3.05, 3.63) is 58.5 Å². The van der Waals surface area contributed by atoms with Crippen LogP contribution >= 0.6 is 0 Å². The normalized spacial score (nSPS) is 20.0. The van der Waals surface area contributed by atoms with Crippen molar-refractivity contribution >= 4 is 12.2 Å². The number of ether oxygens (including phenoxy) is 1. The lowest BCUT2D eigenvalue weighted by atomic mass is 9.80. The van der Waals surface area contributed by atoms with Crippen molar-refractivity contribution in [3.8, 4) is 0 Å². The van der Waals surface area contributed by atoms with Crippen LogP contribution in [0.15, 0.2) is 52.6 Å². The first-order chi connectivity index (χ1) is 11.2. The van der Waals surface area contributed by atoms with E-state index in [-0.39, 0.29) is 6.54 Å². The van der Waals surface area contributed by atoms with Crippen molar-refractivity contribution in [2.75, 3.05) is 13.2 Å². The Bertz CT molecular complexity index is 621. The standard InChI is InChI=1S/C17H20N4O2/c1-2-3-12-23-16(22)17(10-7-11-19-17)15(13-20-21-18)14-8-5-4-6-9-14/h4-11,15H,2-3,12-13H2,1H3. The van der Waals surface area contributed by atoms with E-state index in [4.69, 9.17) is 10.3 Å². The highest BCUT2D eigenvalue weighted by atomic mass is 16.5. The first-order valence-electron chi connectivity index (χ1n) is 7.70. The molecule has 1 aromatic carbocycles. The number of hydrogen-bond donors (Lipinski definition) is 0. The molecule has 0 fully saturated rings. The van der Waals surface area contributed by atoms with Crippen molar-refractivity contribution in [3.63, 3.8) is 0 Å². The lowest BCUT2D eigenvalue weighted by Crippen LogP contribution is -2.43. The number of allylic oxidation sites excluding steroid dienone is 1. The summed E-state index contributed by atoms with van der Waals surface area (Å²) in [6.45, 7) is 2.53. The molecule has 6 nitrogen and oxygen atoms in total. The van der Waals surface area contributed by atoms with Crippen molar-refractivity contribution in [1.82, 2.24) is 0 Å². The minimum atomic E-state index is -1.16. The molecule has 120 valence electrons. The van der Waals surface area contributed by atoms with E-state index in [2.05, 4.69) is 15.0 Å². The van der Waals surface area contributed by atoms with Gasteiger partial charge in [0.15, 0.2) is 5.54 Å². The Morgan fingerprint density at radius 2 is 2.22 bits per heavy atom. The number of azide groups is 1. The highest BCUT2D eigenvalue weighted by Crippen LogP contribution is 2.36. The zero-order chi connectivity index (χ0) is 16.5. The molecule has 0 amide bonds. The van der Waals surface area contributed by atoms with Gasteiger partial charge in [-0.1, -0.05) is 48.8 Å². The summed E-state index contributed by atoms with van der Waals surface area (Å²) in [4.78, 5) is 19.9. The van der Waals surface area contributed by atoms with E-state index in [1.54, 1.807) is 18.4 Å². The van der Waals surface area contributed by atoms with Gasteiger partial charge < -0.3 is 4.74 Å². The maximum atomic E-state index is 12.7. The van der Waals surface area contributed by atoms with Gasteiger partial charge in [-0.2, -0.15) is 0 Å². The number of carbonyl (C=O) groups excluding carboxylic acids is 1. The fourth-order valence-corrected chi connectivity index (χ4v) is 2.60. The number of carbonyl (C=O) groups is 1. The number of benzene rings is 1. The predicted molar refractivity (Wildman–Crippen MR) is 89.4 cm³/mol. The number of rotatable bonds is 8. The second-order valence-electron chi connectivity index (χ2n) is 5.33. The van der Waals surface area contributed by atoms with Crippen LogP contribution in [0.25, 0.3) is 10.4 Å². The average molecular weight is 312 g/mol. The van der Waals surface area contributed by atoms with E-state index in [1.807, 2.05) is 37.3 Å². The molecule has 1 aliphatic heterocycles. The van der Waals surface area contributed by atoms with Crippen molar-refractivity contribution in [2.45, 2.75) is 31.2 Å². The van der Waals surface area contributed by atoms with E-state index < -0.39 is 17.4 Å². The smallest absolute Gasteiger partial charge is 0.338 e. The zero-order valence-electron chi connectivity index (χ0n) is 13.1. The van der Waals surface area contributed by atoms with Crippen LogP contribution in [0.5, 0.6) is 0 Å². The maximum Gasteiger partial charge on any atom is 0.338 e. The van der Waals surface area contributed by atoms with Crippen molar-refractivity contribution < 1.29 is 9.53 Å². The molecule has 1 heterocycles. The monoisotopic (exact) mass is 312 g/mol. The lowest BCUT2D eigenvalue weighted by Gasteiger charge is -2.31. The molecule has 0 aliphatic carbocycles. The molecule has 23 heavy (non-hydrogen) atoms. The van der Waals surface area contributed by atoms with Gasteiger partial charge in [0.2, 0.25) is 0 Å². The Balaban J connectivity index is 2.34. The summed E-state index contributed by atoms with van der Waals surface area (Å²) < 4.78 is 5.41. The first kappa shape index (κ1) is 16.8. The van der Waals surface area contributed by atoms with Crippen molar-refractivity contribution in [2.24, 2.45) is 10.1 Å². The molecule has 1 aromatic rings. The molecule has 0 saturated heterocycles. The van der Waals surface area contributed by atoms with Gasteiger partial charge in [0.25, 0.3) is 0 Å². The van der Waals surface area contributed by atoms with Gasteiger partial charge in [-0.25, -0.2) is 4.79 Å². The third-order valence-electron chi connectivity index (χ3n) is 3.84. The first-order valence-corrected chi connectivity index (χ1v) is 7.70. The number of esters is 1. The molecule has 0 N–H and O–H groups in total. The third-order valence-corrected chi connectivity index (χ3v) is 3.84. The molecule has 0 radical (unpaired) electrons. The van der Waals surface area contributed by atoms with Gasteiger partial charge >= 0.3 is 5.97 Å². The highest BCUT2D eigenvalue weighted by Gasteiger charge is 2.46. The molecule has 2 unspecified atom stereocenters. The van der Waals surface area contributed by atoms with E-state index in [0.29, 0.717) is 6.61 Å². The van der Waals surface area contributed by atoms with E-state index in [1.165, 1.54) is 0 Å². The molecule has 6 heteroatoms. The molecule has 2 rings (SSSR count). The topological polar surface area (TPSA) is 87.4 Å². The number of nitrogens with zero attached hydrogens (tertiary/aromatic N) is 4. The Hall–Kier alpha value is -2.59. The highest BCUT2D eigenvalue weighted by molar-refractivity contribution is 5.92. The predicted octanol–water partition coefficient (Wildman–Crippen LogP) is 3.80. The second-order valence-corrected chi connectivity index (χ2v) is 5.33.